The molecule has 0 saturated carbocycles. The molecular formula is C24H27N5O3. The van der Waals surface area contributed by atoms with Crippen molar-refractivity contribution in [2.24, 2.45) is 0 Å². The van der Waals surface area contributed by atoms with Gasteiger partial charge < -0.3 is 15.0 Å². The van der Waals surface area contributed by atoms with Gasteiger partial charge in [0.1, 0.15) is 11.6 Å². The monoisotopic (exact) mass is 433 g/mol. The number of amides is 2. The fraction of sp³-hybridized carbons (Fsp3) is 0.333. The Balaban J connectivity index is 1.47. The number of piperidine rings is 1. The molecule has 2 aromatic carbocycles. The van der Waals surface area contributed by atoms with Crippen molar-refractivity contribution < 1.29 is 14.3 Å². The number of hydrogen-bond donors (Lipinski definition) is 2. The molecule has 3 aromatic rings. The van der Waals surface area contributed by atoms with Crippen molar-refractivity contribution in [2.75, 3.05) is 18.5 Å². The average Bonchev–Trinajstić information content (AvgIpc) is 3.33. The molecule has 0 bridgehead atoms. The number of H-pyrrole nitrogens is 1. The first kappa shape index (κ1) is 21.5. The lowest BCUT2D eigenvalue weighted by molar-refractivity contribution is -0.137. The first-order valence-electron chi connectivity index (χ1n) is 10.9. The molecule has 32 heavy (non-hydrogen) atoms. The van der Waals surface area contributed by atoms with Crippen molar-refractivity contribution >= 4 is 17.5 Å². The SMILES string of the molecule is CCC(=O)Nc1cccc(-c2n[nH]c([C@H]3CCCCN3C(=O)COc3ccccc3)n2)c1. The van der Waals surface area contributed by atoms with E-state index in [9.17, 15) is 9.59 Å². The Morgan fingerprint density at radius 2 is 2.00 bits per heavy atom. The highest BCUT2D eigenvalue weighted by molar-refractivity contribution is 5.91. The van der Waals surface area contributed by atoms with Crippen LogP contribution in [0.15, 0.2) is 54.6 Å². The molecule has 8 nitrogen and oxygen atoms in total. The molecule has 2 N–H and O–H groups in total. The van der Waals surface area contributed by atoms with Gasteiger partial charge in [0.2, 0.25) is 5.91 Å². The molecule has 1 aliphatic rings. The lowest BCUT2D eigenvalue weighted by atomic mass is 10.0. The van der Waals surface area contributed by atoms with Crippen LogP contribution in [0.25, 0.3) is 11.4 Å². The number of carbonyl (C=O) groups excluding carboxylic acids is 2. The van der Waals surface area contributed by atoms with E-state index >= 15 is 0 Å². The lowest BCUT2D eigenvalue weighted by Crippen LogP contribution is -2.41. The summed E-state index contributed by atoms with van der Waals surface area (Å²) in [7, 11) is 0. The van der Waals surface area contributed by atoms with Gasteiger partial charge in [-0.25, -0.2) is 4.98 Å². The van der Waals surface area contributed by atoms with Gasteiger partial charge in [-0.05, 0) is 43.5 Å². The van der Waals surface area contributed by atoms with Gasteiger partial charge in [-0.15, -0.1) is 0 Å². The van der Waals surface area contributed by atoms with Crippen LogP contribution >= 0.6 is 0 Å². The zero-order valence-corrected chi connectivity index (χ0v) is 18.1. The smallest absolute Gasteiger partial charge is 0.261 e. The number of rotatable bonds is 7. The van der Waals surface area contributed by atoms with E-state index in [1.807, 2.05) is 66.4 Å². The molecule has 1 atom stereocenters. The topological polar surface area (TPSA) is 100 Å². The highest BCUT2D eigenvalue weighted by Gasteiger charge is 2.30. The fourth-order valence-electron chi connectivity index (χ4n) is 3.80. The molecule has 4 rings (SSSR count). The van der Waals surface area contributed by atoms with Crippen LogP contribution in [0, 0.1) is 0 Å². The third kappa shape index (κ3) is 5.14. The van der Waals surface area contributed by atoms with Crippen molar-refractivity contribution in [3.63, 3.8) is 0 Å². The largest absolute Gasteiger partial charge is 0.484 e. The van der Waals surface area contributed by atoms with Crippen molar-refractivity contribution in [3.05, 3.63) is 60.4 Å². The van der Waals surface area contributed by atoms with Gasteiger partial charge in [-0.3, -0.25) is 14.7 Å². The molecule has 0 unspecified atom stereocenters. The summed E-state index contributed by atoms with van der Waals surface area (Å²) < 4.78 is 5.66. The number of anilines is 1. The van der Waals surface area contributed by atoms with E-state index in [4.69, 9.17) is 4.74 Å². The molecule has 166 valence electrons. The molecule has 0 radical (unpaired) electrons. The number of nitrogens with zero attached hydrogens (tertiary/aromatic N) is 3. The van der Waals surface area contributed by atoms with Crippen LogP contribution < -0.4 is 10.1 Å². The highest BCUT2D eigenvalue weighted by atomic mass is 16.5. The third-order valence-electron chi connectivity index (χ3n) is 5.47. The van der Waals surface area contributed by atoms with Crippen LogP contribution in [-0.4, -0.2) is 45.0 Å². The Hall–Kier alpha value is -3.68. The molecule has 1 saturated heterocycles. The zero-order valence-electron chi connectivity index (χ0n) is 18.1. The number of ether oxygens (including phenoxy) is 1. The minimum absolute atomic E-state index is 0.0132. The summed E-state index contributed by atoms with van der Waals surface area (Å²) >= 11 is 0. The highest BCUT2D eigenvalue weighted by Crippen LogP contribution is 2.30. The Kier molecular flexibility index (Phi) is 6.79. The van der Waals surface area contributed by atoms with Crippen LogP contribution in [-0.2, 0) is 9.59 Å². The van der Waals surface area contributed by atoms with E-state index in [2.05, 4.69) is 20.5 Å². The molecule has 2 amide bonds. The molecule has 0 spiro atoms. The van der Waals surface area contributed by atoms with Gasteiger partial charge in [0.15, 0.2) is 12.4 Å². The average molecular weight is 434 g/mol. The van der Waals surface area contributed by atoms with Crippen molar-refractivity contribution in [3.8, 4) is 17.1 Å². The van der Waals surface area contributed by atoms with Crippen molar-refractivity contribution in [1.82, 2.24) is 20.1 Å². The lowest BCUT2D eigenvalue weighted by Gasteiger charge is -2.34. The second kappa shape index (κ2) is 10.1. The van der Waals surface area contributed by atoms with Crippen LogP contribution in [0.4, 0.5) is 5.69 Å². The fourth-order valence-corrected chi connectivity index (χ4v) is 3.80. The van der Waals surface area contributed by atoms with Gasteiger partial charge in [0, 0.05) is 24.2 Å². The minimum Gasteiger partial charge on any atom is -0.484 e. The van der Waals surface area contributed by atoms with Gasteiger partial charge in [-0.1, -0.05) is 37.3 Å². The number of aromatic amines is 1. The van der Waals surface area contributed by atoms with Gasteiger partial charge >= 0.3 is 0 Å². The number of nitrogens with one attached hydrogen (secondary N) is 2. The van der Waals surface area contributed by atoms with Crippen LogP contribution in [0.3, 0.4) is 0 Å². The summed E-state index contributed by atoms with van der Waals surface area (Å²) in [6, 6.07) is 16.6. The minimum atomic E-state index is -0.167. The first-order chi connectivity index (χ1) is 15.6. The number of para-hydroxylation sites is 1. The maximum absolute atomic E-state index is 12.9. The standard InChI is InChI=1S/C24H27N5O3/c1-2-21(30)25-18-10-8-9-17(15-18)23-26-24(28-27-23)20-13-6-7-14-29(20)22(31)16-32-19-11-4-3-5-12-19/h3-5,8-12,15,20H,2,6-7,13-14,16H2,1H3,(H,25,30)(H,26,27,28)/t20-/m1/s1. The van der Waals surface area contributed by atoms with Crippen LogP contribution in [0.5, 0.6) is 5.75 Å². The van der Waals surface area contributed by atoms with E-state index in [1.54, 1.807) is 0 Å². The van der Waals surface area contributed by atoms with Crippen molar-refractivity contribution in [1.29, 1.82) is 0 Å². The predicted molar refractivity (Wildman–Crippen MR) is 121 cm³/mol. The second-order valence-corrected chi connectivity index (χ2v) is 7.73. The number of hydrogen-bond acceptors (Lipinski definition) is 5. The molecular weight excluding hydrogens is 406 g/mol. The molecule has 1 aliphatic heterocycles. The second-order valence-electron chi connectivity index (χ2n) is 7.73. The summed E-state index contributed by atoms with van der Waals surface area (Å²) in [6.45, 7) is 2.46. The molecule has 1 fully saturated rings. The number of aromatic nitrogens is 3. The summed E-state index contributed by atoms with van der Waals surface area (Å²) in [5.41, 5.74) is 1.50. The summed E-state index contributed by atoms with van der Waals surface area (Å²) in [4.78, 5) is 31.1. The Labute approximate surface area is 187 Å². The van der Waals surface area contributed by atoms with Gasteiger partial charge in [-0.2, -0.15) is 5.10 Å². The molecule has 8 heteroatoms. The van der Waals surface area contributed by atoms with Crippen LogP contribution in [0.2, 0.25) is 0 Å². The maximum Gasteiger partial charge on any atom is 0.261 e. The number of benzene rings is 2. The number of likely N-dealkylation sites (tertiary alicyclic amines) is 1. The Morgan fingerprint density at radius 1 is 1.16 bits per heavy atom. The van der Waals surface area contributed by atoms with E-state index in [1.165, 1.54) is 0 Å². The van der Waals surface area contributed by atoms with E-state index < -0.39 is 0 Å². The Bertz CT molecular complexity index is 1070. The quantitative estimate of drug-likeness (QED) is 0.588. The predicted octanol–water partition coefficient (Wildman–Crippen LogP) is 3.95. The van der Waals surface area contributed by atoms with E-state index in [0.29, 0.717) is 36.1 Å². The van der Waals surface area contributed by atoms with E-state index in [0.717, 1.165) is 24.8 Å². The summed E-state index contributed by atoms with van der Waals surface area (Å²) in [5.74, 6) is 1.75. The summed E-state index contributed by atoms with van der Waals surface area (Å²) in [5, 5.41) is 10.2. The normalized spacial score (nSPS) is 15.9. The molecule has 1 aromatic heterocycles. The zero-order chi connectivity index (χ0) is 22.3. The van der Waals surface area contributed by atoms with Gasteiger partial charge in [0.05, 0.1) is 6.04 Å². The summed E-state index contributed by atoms with van der Waals surface area (Å²) in [6.07, 6.45) is 3.20. The molecule has 0 aliphatic carbocycles. The maximum atomic E-state index is 12.9. The first-order valence-corrected chi connectivity index (χ1v) is 10.9. The Morgan fingerprint density at radius 3 is 2.81 bits per heavy atom. The number of carbonyl (C=O) groups is 2. The van der Waals surface area contributed by atoms with Gasteiger partial charge in [0.25, 0.3) is 5.91 Å². The molecule has 2 heterocycles. The van der Waals surface area contributed by atoms with Crippen molar-refractivity contribution in [2.45, 2.75) is 38.6 Å². The van der Waals surface area contributed by atoms with E-state index in [-0.39, 0.29) is 24.5 Å². The van der Waals surface area contributed by atoms with Crippen LogP contribution in [0.1, 0.15) is 44.5 Å². The third-order valence-corrected chi connectivity index (χ3v) is 5.47.